The molecule has 0 bridgehead atoms. The average Bonchev–Trinajstić information content (AvgIpc) is 2.68. The Morgan fingerprint density at radius 2 is 2.10 bits per heavy atom. The molecule has 0 radical (unpaired) electrons. The number of rotatable bonds is 4. The lowest BCUT2D eigenvalue weighted by Gasteiger charge is -2.13. The van der Waals surface area contributed by atoms with Gasteiger partial charge in [0.05, 0.1) is 22.5 Å². The minimum atomic E-state index is -0.724. The molecule has 0 aliphatic heterocycles. The van der Waals surface area contributed by atoms with Crippen LogP contribution in [0.2, 0.25) is 10.0 Å². The highest BCUT2D eigenvalue weighted by Crippen LogP contribution is 2.31. The number of aliphatic hydroxyl groups is 1. The summed E-state index contributed by atoms with van der Waals surface area (Å²) in [7, 11) is 1.83. The zero-order valence-electron chi connectivity index (χ0n) is 11.2. The first-order valence-corrected chi connectivity index (χ1v) is 7.82. The Hall–Kier alpha value is -0.550. The second-order valence-electron chi connectivity index (χ2n) is 4.57. The van der Waals surface area contributed by atoms with Crippen LogP contribution in [-0.4, -0.2) is 14.9 Å². The van der Waals surface area contributed by atoms with E-state index in [1.807, 2.05) is 26.1 Å². The lowest BCUT2D eigenvalue weighted by molar-refractivity contribution is 0.176. The third-order valence-electron chi connectivity index (χ3n) is 3.21. The molecule has 1 unspecified atom stereocenters. The van der Waals surface area contributed by atoms with Crippen LogP contribution in [0.15, 0.2) is 22.7 Å². The highest BCUT2D eigenvalue weighted by molar-refractivity contribution is 9.10. The number of aryl methyl sites for hydroxylation is 2. The summed E-state index contributed by atoms with van der Waals surface area (Å²) in [6.07, 6.45) is 0.413. The number of hydrogen-bond donors (Lipinski definition) is 1. The van der Waals surface area contributed by atoms with Crippen molar-refractivity contribution >= 4 is 39.1 Å². The van der Waals surface area contributed by atoms with Gasteiger partial charge in [0, 0.05) is 28.5 Å². The van der Waals surface area contributed by atoms with Crippen LogP contribution < -0.4 is 0 Å². The molecule has 6 heteroatoms. The number of halogens is 3. The quantitative estimate of drug-likeness (QED) is 0.861. The predicted molar refractivity (Wildman–Crippen MR) is 85.4 cm³/mol. The van der Waals surface area contributed by atoms with Crippen molar-refractivity contribution in [2.75, 3.05) is 0 Å². The smallest absolute Gasteiger partial charge is 0.0860 e. The van der Waals surface area contributed by atoms with Gasteiger partial charge in [0.25, 0.3) is 0 Å². The van der Waals surface area contributed by atoms with Gasteiger partial charge in [-0.1, -0.05) is 46.1 Å². The van der Waals surface area contributed by atoms with Crippen LogP contribution in [0.25, 0.3) is 0 Å². The lowest BCUT2D eigenvalue weighted by Crippen LogP contribution is -2.07. The molecule has 1 aromatic heterocycles. The zero-order valence-corrected chi connectivity index (χ0v) is 14.3. The van der Waals surface area contributed by atoms with Crippen molar-refractivity contribution in [3.8, 4) is 0 Å². The van der Waals surface area contributed by atoms with Crippen molar-refractivity contribution in [1.29, 1.82) is 0 Å². The van der Waals surface area contributed by atoms with Gasteiger partial charge in [-0.25, -0.2) is 0 Å². The summed E-state index contributed by atoms with van der Waals surface area (Å²) >= 11 is 15.8. The standard InChI is InChI=1S/C14H15BrCl2N2O/c1-3-11-14(17)12(19(2)18-11)7-13(20)9-6-8(15)4-5-10(9)16/h4-6,13,20H,3,7H2,1-2H3. The molecule has 0 amide bonds. The van der Waals surface area contributed by atoms with Crippen LogP contribution in [-0.2, 0) is 19.9 Å². The molecule has 1 atom stereocenters. The molecule has 1 N–H and O–H groups in total. The fourth-order valence-corrected chi connectivity index (χ4v) is 3.10. The van der Waals surface area contributed by atoms with Gasteiger partial charge in [-0.15, -0.1) is 0 Å². The molecule has 0 aliphatic carbocycles. The zero-order chi connectivity index (χ0) is 14.9. The molecular formula is C14H15BrCl2N2O. The maximum Gasteiger partial charge on any atom is 0.0860 e. The fraction of sp³-hybridized carbons (Fsp3) is 0.357. The normalized spacial score (nSPS) is 12.7. The summed E-state index contributed by atoms with van der Waals surface area (Å²) in [5, 5.41) is 15.9. The molecule has 108 valence electrons. The number of nitrogens with zero attached hydrogens (tertiary/aromatic N) is 2. The summed E-state index contributed by atoms with van der Waals surface area (Å²) in [6.45, 7) is 2.00. The van der Waals surface area contributed by atoms with Crippen LogP contribution >= 0.6 is 39.1 Å². The fourth-order valence-electron chi connectivity index (χ4n) is 2.10. The van der Waals surface area contributed by atoms with Crippen molar-refractivity contribution in [2.24, 2.45) is 7.05 Å². The van der Waals surface area contributed by atoms with E-state index in [0.29, 0.717) is 22.0 Å². The van der Waals surface area contributed by atoms with Crippen LogP contribution in [0, 0.1) is 0 Å². The van der Waals surface area contributed by atoms with Crippen LogP contribution in [0.4, 0.5) is 0 Å². The van der Waals surface area contributed by atoms with Crippen molar-refractivity contribution in [3.05, 3.63) is 49.7 Å². The SMILES string of the molecule is CCc1nn(C)c(CC(O)c2cc(Br)ccc2Cl)c1Cl. The van der Waals surface area contributed by atoms with Crippen molar-refractivity contribution in [3.63, 3.8) is 0 Å². The van der Waals surface area contributed by atoms with Crippen molar-refractivity contribution < 1.29 is 5.11 Å². The Morgan fingerprint density at radius 3 is 2.70 bits per heavy atom. The topological polar surface area (TPSA) is 38.0 Å². The van der Waals surface area contributed by atoms with Crippen LogP contribution in [0.5, 0.6) is 0 Å². The van der Waals surface area contributed by atoms with E-state index in [-0.39, 0.29) is 0 Å². The van der Waals surface area contributed by atoms with Gasteiger partial charge < -0.3 is 5.11 Å². The first-order chi connectivity index (χ1) is 9.43. The van der Waals surface area contributed by atoms with Gasteiger partial charge in [-0.05, 0) is 24.6 Å². The van der Waals surface area contributed by atoms with Gasteiger partial charge in [-0.3, -0.25) is 4.68 Å². The van der Waals surface area contributed by atoms with E-state index in [4.69, 9.17) is 23.2 Å². The van der Waals surface area contributed by atoms with E-state index in [1.165, 1.54) is 0 Å². The highest BCUT2D eigenvalue weighted by atomic mass is 79.9. The Kier molecular flexibility index (Phi) is 5.13. The molecule has 1 aromatic carbocycles. The highest BCUT2D eigenvalue weighted by Gasteiger charge is 2.19. The molecule has 1 heterocycles. The van der Waals surface area contributed by atoms with Gasteiger partial charge in [-0.2, -0.15) is 5.10 Å². The third-order valence-corrected chi connectivity index (χ3v) is 4.48. The molecule has 0 spiro atoms. The van der Waals surface area contributed by atoms with E-state index in [9.17, 15) is 5.11 Å². The summed E-state index contributed by atoms with van der Waals surface area (Å²) in [5.74, 6) is 0. The molecule has 20 heavy (non-hydrogen) atoms. The first kappa shape index (κ1) is 15.8. The van der Waals surface area contributed by atoms with Gasteiger partial charge >= 0.3 is 0 Å². The summed E-state index contributed by atoms with van der Waals surface area (Å²) < 4.78 is 2.59. The molecule has 0 fully saturated rings. The minimum absolute atomic E-state index is 0.374. The summed E-state index contributed by atoms with van der Waals surface area (Å²) in [6, 6.07) is 5.41. The number of benzene rings is 1. The monoisotopic (exact) mass is 376 g/mol. The van der Waals surface area contributed by atoms with Crippen LogP contribution in [0.3, 0.4) is 0 Å². The molecule has 3 nitrogen and oxygen atoms in total. The number of aromatic nitrogens is 2. The maximum absolute atomic E-state index is 10.4. The van der Waals surface area contributed by atoms with E-state index in [0.717, 1.165) is 22.3 Å². The largest absolute Gasteiger partial charge is 0.388 e. The Labute approximate surface area is 136 Å². The average molecular weight is 378 g/mol. The second-order valence-corrected chi connectivity index (χ2v) is 6.27. The number of aliphatic hydroxyl groups excluding tert-OH is 1. The minimum Gasteiger partial charge on any atom is -0.388 e. The lowest BCUT2D eigenvalue weighted by atomic mass is 10.0. The summed E-state index contributed by atoms with van der Waals surface area (Å²) in [4.78, 5) is 0. The predicted octanol–water partition coefficient (Wildman–Crippen LogP) is 4.33. The van der Waals surface area contributed by atoms with Crippen molar-refractivity contribution in [1.82, 2.24) is 9.78 Å². The molecule has 2 rings (SSSR count). The van der Waals surface area contributed by atoms with Gasteiger partial charge in [0.15, 0.2) is 0 Å². The molecular weight excluding hydrogens is 363 g/mol. The molecule has 0 aliphatic rings. The van der Waals surface area contributed by atoms with E-state index in [2.05, 4.69) is 21.0 Å². The number of hydrogen-bond acceptors (Lipinski definition) is 2. The van der Waals surface area contributed by atoms with E-state index < -0.39 is 6.10 Å². The molecule has 2 aromatic rings. The van der Waals surface area contributed by atoms with Crippen LogP contribution in [0.1, 0.15) is 30.0 Å². The Balaban J connectivity index is 2.30. The maximum atomic E-state index is 10.4. The molecule has 0 saturated carbocycles. The van der Waals surface area contributed by atoms with E-state index >= 15 is 0 Å². The van der Waals surface area contributed by atoms with Crippen molar-refractivity contribution in [2.45, 2.75) is 25.9 Å². The third kappa shape index (κ3) is 3.19. The van der Waals surface area contributed by atoms with Gasteiger partial charge in [0.1, 0.15) is 0 Å². The second kappa shape index (κ2) is 6.48. The van der Waals surface area contributed by atoms with E-state index in [1.54, 1.807) is 10.7 Å². The first-order valence-electron chi connectivity index (χ1n) is 6.27. The Bertz CT molecular complexity index is 628. The van der Waals surface area contributed by atoms with Gasteiger partial charge in [0.2, 0.25) is 0 Å². The summed E-state index contributed by atoms with van der Waals surface area (Å²) in [5.41, 5.74) is 2.33. The molecule has 0 saturated heterocycles. The Morgan fingerprint density at radius 1 is 1.40 bits per heavy atom.